The van der Waals surface area contributed by atoms with Gasteiger partial charge in [-0.2, -0.15) is 0 Å². The first-order chi connectivity index (χ1) is 25.1. The number of furan rings is 1. The normalized spacial score (nSPS) is 20.0. The number of nitrogens with zero attached hydrogens (tertiary/aromatic N) is 3. The summed E-state index contributed by atoms with van der Waals surface area (Å²) in [7, 11) is 0. The van der Waals surface area contributed by atoms with Crippen molar-refractivity contribution in [3.05, 3.63) is 113 Å². The molecule has 42 heavy (non-hydrogen) atoms. The summed E-state index contributed by atoms with van der Waals surface area (Å²) in [6, 6.07) is 22.2. The molecule has 4 aromatic heterocycles. The zero-order valence-electron chi connectivity index (χ0n) is 35.5. The van der Waals surface area contributed by atoms with Crippen molar-refractivity contribution in [3.8, 4) is 22.5 Å². The van der Waals surface area contributed by atoms with Gasteiger partial charge in [0.05, 0.1) is 5.58 Å². The molecule has 215 valence electrons. The number of hydrogen-bond acceptors (Lipinski definition) is 4. The SMILES string of the molecule is [2H]C([2H])([2H])c1c[c-]c(-c2cc(C([2H])([2H])[2H])c(C([2H])([2H])[2H])cn2)cc1.[2H]C([2H])([2H])c1ccc2c(n1)oc1c(-c3cc(C4([2H])CCCCC4)ccn3)[c-]ccc12.[Ir]. The van der Waals surface area contributed by atoms with Crippen molar-refractivity contribution in [1.29, 1.82) is 0 Å². The molecule has 1 aliphatic rings. The summed E-state index contributed by atoms with van der Waals surface area (Å²) in [5, 5.41) is 1.60. The Hall–Kier alpha value is -3.66. The van der Waals surface area contributed by atoms with Crippen LogP contribution in [0.4, 0.5) is 0 Å². The second-order valence-electron chi connectivity index (χ2n) is 9.95. The van der Waals surface area contributed by atoms with Crippen LogP contribution in [-0.2, 0) is 20.1 Å². The quantitative estimate of drug-likeness (QED) is 0.170. The van der Waals surface area contributed by atoms with E-state index in [-0.39, 0.29) is 48.2 Å². The Morgan fingerprint density at radius 2 is 1.76 bits per heavy atom. The molecule has 1 fully saturated rings. The number of rotatable bonds is 3. The molecule has 0 bridgehead atoms. The zero-order chi connectivity index (χ0) is 39.3. The maximum atomic E-state index is 8.93. The fourth-order valence-corrected chi connectivity index (χ4v) is 5.05. The number of fused-ring (bicyclic) bond motifs is 3. The topological polar surface area (TPSA) is 51.8 Å². The van der Waals surface area contributed by atoms with E-state index in [0.29, 0.717) is 28.1 Å². The average Bonchev–Trinajstić information content (AvgIpc) is 3.49. The van der Waals surface area contributed by atoms with E-state index >= 15 is 0 Å². The van der Waals surface area contributed by atoms with Gasteiger partial charge in [0, 0.05) is 61.4 Å². The first kappa shape index (κ1) is 17.5. The molecular formula is C37H35IrN3O-2. The number of pyridine rings is 3. The molecule has 0 amide bonds. The molecule has 4 heterocycles. The minimum atomic E-state index is -2.61. The van der Waals surface area contributed by atoms with Gasteiger partial charge in [-0.05, 0) is 74.4 Å². The molecule has 0 aliphatic heterocycles. The third-order valence-corrected chi connectivity index (χ3v) is 7.17. The molecule has 0 saturated heterocycles. The Labute approximate surface area is 280 Å². The van der Waals surface area contributed by atoms with Gasteiger partial charge in [0.15, 0.2) is 0 Å². The molecule has 0 unspecified atom stereocenters. The summed E-state index contributed by atoms with van der Waals surface area (Å²) < 4.78 is 105. The Morgan fingerprint density at radius 1 is 0.857 bits per heavy atom. The van der Waals surface area contributed by atoms with Crippen LogP contribution in [-0.4, -0.2) is 15.0 Å². The van der Waals surface area contributed by atoms with Crippen molar-refractivity contribution >= 4 is 22.1 Å². The van der Waals surface area contributed by atoms with Crippen molar-refractivity contribution in [1.82, 2.24) is 15.0 Å². The smallest absolute Gasteiger partial charge is 0.216 e. The second kappa shape index (κ2) is 13.1. The molecule has 1 radical (unpaired) electrons. The van der Waals surface area contributed by atoms with Gasteiger partial charge in [-0.1, -0.05) is 60.3 Å². The van der Waals surface area contributed by atoms with Gasteiger partial charge in [0.1, 0.15) is 0 Å². The van der Waals surface area contributed by atoms with E-state index in [1.54, 1.807) is 12.3 Å². The molecule has 6 aromatic rings. The number of hydrogen-bond donors (Lipinski definition) is 0. The molecule has 1 aliphatic carbocycles. The standard InChI is InChI=1S/C23H21N2O.C14H14N.Ir/c1-15-10-11-19-18-8-5-9-20(22(18)26-23(19)25-15)21-14-17(12-13-24-21)16-6-3-2-4-7-16;1-10-4-6-13(7-5-10)14-8-11(2)12(3)9-15-14;/h5,8,10-14,16H,2-4,6-7H2,1H3;4-6,8-9H,1-3H3;/q2*-1;/i1D3,16D;1D3,2D3,3D3;. The fraction of sp³-hybridized carbons (Fsp3) is 0.270. The summed E-state index contributed by atoms with van der Waals surface area (Å²) in [5.74, 6) is -0.576. The summed E-state index contributed by atoms with van der Waals surface area (Å²) in [5.41, 5.74) is 3.30. The van der Waals surface area contributed by atoms with Gasteiger partial charge >= 0.3 is 0 Å². The first-order valence-corrected chi connectivity index (χ1v) is 13.4. The molecule has 4 nitrogen and oxygen atoms in total. The summed E-state index contributed by atoms with van der Waals surface area (Å²) >= 11 is 0. The van der Waals surface area contributed by atoms with Crippen molar-refractivity contribution in [2.45, 2.75) is 65.4 Å². The van der Waals surface area contributed by atoms with E-state index in [4.69, 9.17) is 22.2 Å². The van der Waals surface area contributed by atoms with Gasteiger partial charge in [-0.25, -0.2) is 4.98 Å². The van der Waals surface area contributed by atoms with E-state index in [1.165, 1.54) is 36.8 Å². The van der Waals surface area contributed by atoms with Gasteiger partial charge in [-0.15, -0.1) is 53.6 Å². The molecule has 0 atom stereocenters. The molecule has 0 spiro atoms. The van der Waals surface area contributed by atoms with Crippen molar-refractivity contribution in [3.63, 3.8) is 0 Å². The largest absolute Gasteiger partial charge is 0.486 e. The second-order valence-corrected chi connectivity index (χ2v) is 9.95. The predicted octanol–water partition coefficient (Wildman–Crippen LogP) is 9.67. The van der Waals surface area contributed by atoms with E-state index < -0.39 is 33.3 Å². The van der Waals surface area contributed by atoms with Crippen molar-refractivity contribution < 1.29 is 42.3 Å². The Bertz CT molecular complexity index is 2290. The Morgan fingerprint density at radius 3 is 2.55 bits per heavy atom. The monoisotopic (exact) mass is 743 g/mol. The minimum absolute atomic E-state index is 0. The number of aryl methyl sites for hydroxylation is 4. The summed E-state index contributed by atoms with van der Waals surface area (Å²) in [6.07, 6.45) is 7.82. The predicted molar refractivity (Wildman–Crippen MR) is 167 cm³/mol. The maximum Gasteiger partial charge on any atom is 0.216 e. The van der Waals surface area contributed by atoms with E-state index in [2.05, 4.69) is 27.1 Å². The fourth-order valence-electron chi connectivity index (χ4n) is 5.05. The number of benzene rings is 2. The van der Waals surface area contributed by atoms with Gasteiger partial charge in [0.25, 0.3) is 0 Å². The molecule has 1 saturated carbocycles. The van der Waals surface area contributed by atoms with Gasteiger partial charge in [0.2, 0.25) is 5.71 Å². The third-order valence-electron chi connectivity index (χ3n) is 7.17. The Balaban J connectivity index is 0.000000213. The molecule has 7 rings (SSSR count). The third kappa shape index (κ3) is 6.38. The van der Waals surface area contributed by atoms with Crippen LogP contribution in [0.2, 0.25) is 0 Å². The van der Waals surface area contributed by atoms with Gasteiger partial charge < -0.3 is 14.4 Å². The average molecular weight is 743 g/mol. The molecule has 5 heteroatoms. The number of aromatic nitrogens is 3. The minimum Gasteiger partial charge on any atom is -0.486 e. The zero-order valence-corrected chi connectivity index (χ0v) is 24.9. The van der Waals surface area contributed by atoms with E-state index in [0.717, 1.165) is 48.2 Å². The van der Waals surface area contributed by atoms with Crippen LogP contribution < -0.4 is 0 Å². The van der Waals surface area contributed by atoms with E-state index in [1.807, 2.05) is 24.3 Å². The molecule has 0 N–H and O–H groups in total. The molecule has 2 aromatic carbocycles. The van der Waals surface area contributed by atoms with Crippen LogP contribution in [0.5, 0.6) is 0 Å². The van der Waals surface area contributed by atoms with E-state index in [9.17, 15) is 0 Å². The molecular weight excluding hydrogens is 695 g/mol. The van der Waals surface area contributed by atoms with Gasteiger partial charge in [-0.3, -0.25) is 0 Å². The van der Waals surface area contributed by atoms with Crippen molar-refractivity contribution in [2.24, 2.45) is 0 Å². The Kier molecular flexibility index (Phi) is 5.45. The first-order valence-electron chi connectivity index (χ1n) is 19.9. The van der Waals surface area contributed by atoms with Crippen LogP contribution in [0.25, 0.3) is 44.6 Å². The van der Waals surface area contributed by atoms with Crippen LogP contribution in [0.1, 0.15) is 83.8 Å². The van der Waals surface area contributed by atoms with Crippen molar-refractivity contribution in [2.75, 3.05) is 0 Å². The van der Waals surface area contributed by atoms with Crippen LogP contribution in [0, 0.1) is 39.5 Å². The maximum absolute atomic E-state index is 8.93. The summed E-state index contributed by atoms with van der Waals surface area (Å²) in [6.45, 7) is -9.76. The van der Waals surface area contributed by atoms with Crippen LogP contribution >= 0.6 is 0 Å². The van der Waals surface area contributed by atoms with Crippen LogP contribution in [0.3, 0.4) is 0 Å². The van der Waals surface area contributed by atoms with Crippen LogP contribution in [0.15, 0.2) is 77.5 Å². The summed E-state index contributed by atoms with van der Waals surface area (Å²) in [4.78, 5) is 12.8.